The molecule has 2 aromatic rings. The number of carbonyl (C=O) groups excluding carboxylic acids is 3. The predicted octanol–water partition coefficient (Wildman–Crippen LogP) is 2.43. The van der Waals surface area contributed by atoms with Gasteiger partial charge in [0.1, 0.15) is 11.8 Å². The summed E-state index contributed by atoms with van der Waals surface area (Å²) >= 11 is 3.31. The van der Waals surface area contributed by atoms with Crippen LogP contribution in [0.3, 0.4) is 0 Å². The van der Waals surface area contributed by atoms with Gasteiger partial charge in [-0.3, -0.25) is 25.2 Å². The molecule has 0 aliphatic heterocycles. The number of amides is 3. The Morgan fingerprint density at radius 1 is 1.00 bits per heavy atom. The molecule has 0 fully saturated rings. The molecular weight excluding hydrogens is 426 g/mol. The Hall–Kier alpha value is -2.87. The summed E-state index contributed by atoms with van der Waals surface area (Å²) in [4.78, 5) is 36.6. The van der Waals surface area contributed by atoms with Gasteiger partial charge in [0.2, 0.25) is 0 Å². The fraction of sp³-hybridized carbons (Fsp3) is 0.250. The molecule has 148 valence electrons. The lowest BCUT2D eigenvalue weighted by Gasteiger charge is -2.22. The lowest BCUT2D eigenvalue weighted by molar-refractivity contribution is -0.131. The molecule has 0 saturated heterocycles. The number of nitrogens with one attached hydrogen (secondary N) is 3. The van der Waals surface area contributed by atoms with Gasteiger partial charge in [-0.2, -0.15) is 0 Å². The molecule has 3 amide bonds. The van der Waals surface area contributed by atoms with Crippen LogP contribution >= 0.6 is 15.9 Å². The Morgan fingerprint density at radius 2 is 1.71 bits per heavy atom. The highest BCUT2D eigenvalue weighted by atomic mass is 79.9. The van der Waals surface area contributed by atoms with Crippen LogP contribution in [-0.2, 0) is 9.59 Å². The molecule has 3 N–H and O–H groups in total. The normalized spacial score (nSPS) is 11.4. The number of ether oxygens (including phenoxy) is 1. The monoisotopic (exact) mass is 447 g/mol. The van der Waals surface area contributed by atoms with Crippen molar-refractivity contribution in [3.05, 3.63) is 64.6 Å². The van der Waals surface area contributed by atoms with Gasteiger partial charge in [0.05, 0.1) is 0 Å². The summed E-state index contributed by atoms with van der Waals surface area (Å²) in [5.41, 5.74) is 5.07. The van der Waals surface area contributed by atoms with Gasteiger partial charge in [0.25, 0.3) is 17.7 Å². The molecule has 0 aliphatic rings. The molecule has 0 unspecified atom stereocenters. The Morgan fingerprint density at radius 3 is 2.36 bits per heavy atom. The number of rotatable bonds is 7. The lowest BCUT2D eigenvalue weighted by atomic mass is 10.0. The van der Waals surface area contributed by atoms with E-state index in [1.54, 1.807) is 62.4 Å². The molecule has 7 nitrogen and oxygen atoms in total. The van der Waals surface area contributed by atoms with Crippen LogP contribution in [0.25, 0.3) is 0 Å². The van der Waals surface area contributed by atoms with Crippen molar-refractivity contribution in [1.82, 2.24) is 16.2 Å². The highest BCUT2D eigenvalue weighted by Gasteiger charge is 2.25. The van der Waals surface area contributed by atoms with Gasteiger partial charge in [0.15, 0.2) is 6.61 Å². The number of benzene rings is 2. The van der Waals surface area contributed by atoms with Gasteiger partial charge in [-0.25, -0.2) is 0 Å². The first-order chi connectivity index (χ1) is 13.4. The van der Waals surface area contributed by atoms with E-state index in [4.69, 9.17) is 4.74 Å². The molecule has 8 heteroatoms. The predicted molar refractivity (Wildman–Crippen MR) is 108 cm³/mol. The van der Waals surface area contributed by atoms with Crippen molar-refractivity contribution >= 4 is 33.7 Å². The van der Waals surface area contributed by atoms with Gasteiger partial charge in [-0.1, -0.05) is 54.0 Å². The molecule has 2 aromatic carbocycles. The second kappa shape index (κ2) is 10.5. The maximum absolute atomic E-state index is 12.4. The molecule has 1 atom stereocenters. The van der Waals surface area contributed by atoms with Crippen LogP contribution in [-0.4, -0.2) is 30.4 Å². The van der Waals surface area contributed by atoms with Gasteiger partial charge in [-0.15, -0.1) is 0 Å². The molecular formula is C20H22BrN3O4. The quantitative estimate of drug-likeness (QED) is 0.567. The average Bonchev–Trinajstić information content (AvgIpc) is 2.69. The number of hydrogen-bond acceptors (Lipinski definition) is 4. The standard InChI is InChI=1S/C20H22BrN3O4/c1-13(2)18(22-19(26)14-7-4-3-5-8-14)20(27)24-23-17(25)12-28-16-10-6-9-15(21)11-16/h3-11,13,18H,12H2,1-2H3,(H,22,26)(H,23,25)(H,24,27)/t18-/m1/s1. The number of hydrogen-bond donors (Lipinski definition) is 3. The van der Waals surface area contributed by atoms with Crippen LogP contribution in [0, 0.1) is 5.92 Å². The Bertz CT molecular complexity index is 827. The van der Waals surface area contributed by atoms with E-state index in [1.165, 1.54) is 0 Å². The van der Waals surface area contributed by atoms with Crippen molar-refractivity contribution in [3.8, 4) is 5.75 Å². The molecule has 0 spiro atoms. The van der Waals surface area contributed by atoms with Crippen molar-refractivity contribution in [2.45, 2.75) is 19.9 Å². The lowest BCUT2D eigenvalue weighted by Crippen LogP contribution is -2.54. The summed E-state index contributed by atoms with van der Waals surface area (Å²) < 4.78 is 6.17. The Kier molecular flexibility index (Phi) is 8.01. The number of hydrazine groups is 1. The molecule has 0 radical (unpaired) electrons. The van der Waals surface area contributed by atoms with Crippen molar-refractivity contribution in [3.63, 3.8) is 0 Å². The third kappa shape index (κ3) is 6.70. The molecule has 0 aliphatic carbocycles. The maximum Gasteiger partial charge on any atom is 0.276 e. The van der Waals surface area contributed by atoms with E-state index in [0.29, 0.717) is 11.3 Å². The van der Waals surface area contributed by atoms with Gasteiger partial charge < -0.3 is 10.1 Å². The van der Waals surface area contributed by atoms with E-state index in [2.05, 4.69) is 32.1 Å². The Labute approximate surface area is 171 Å². The zero-order valence-corrected chi connectivity index (χ0v) is 17.2. The third-order valence-electron chi connectivity index (χ3n) is 3.76. The van der Waals surface area contributed by atoms with Crippen LogP contribution in [0.1, 0.15) is 24.2 Å². The van der Waals surface area contributed by atoms with Crippen molar-refractivity contribution in [2.75, 3.05) is 6.61 Å². The SMILES string of the molecule is CC(C)[C@@H](NC(=O)c1ccccc1)C(=O)NNC(=O)COc1cccc(Br)c1. The molecule has 28 heavy (non-hydrogen) atoms. The van der Waals surface area contributed by atoms with Gasteiger partial charge in [0, 0.05) is 10.0 Å². The summed E-state index contributed by atoms with van der Waals surface area (Å²) in [7, 11) is 0. The summed E-state index contributed by atoms with van der Waals surface area (Å²) in [6.45, 7) is 3.33. The number of halogens is 1. The van der Waals surface area contributed by atoms with Crippen molar-refractivity contribution in [2.24, 2.45) is 5.92 Å². The first kappa shape index (κ1) is 21.4. The summed E-state index contributed by atoms with van der Waals surface area (Å²) in [6, 6.07) is 14.8. The molecule has 0 bridgehead atoms. The topological polar surface area (TPSA) is 96.5 Å². The largest absolute Gasteiger partial charge is 0.484 e. The van der Waals surface area contributed by atoms with Crippen LogP contribution in [0.15, 0.2) is 59.1 Å². The first-order valence-electron chi connectivity index (χ1n) is 8.70. The molecule has 0 saturated carbocycles. The first-order valence-corrected chi connectivity index (χ1v) is 9.49. The minimum absolute atomic E-state index is 0.178. The zero-order chi connectivity index (χ0) is 20.5. The second-order valence-electron chi connectivity index (χ2n) is 6.34. The molecule has 0 heterocycles. The highest BCUT2D eigenvalue weighted by molar-refractivity contribution is 9.10. The van der Waals surface area contributed by atoms with Crippen molar-refractivity contribution in [1.29, 1.82) is 0 Å². The maximum atomic E-state index is 12.4. The molecule has 0 aromatic heterocycles. The van der Waals surface area contributed by atoms with E-state index in [-0.39, 0.29) is 18.4 Å². The highest BCUT2D eigenvalue weighted by Crippen LogP contribution is 2.17. The van der Waals surface area contributed by atoms with Crippen LogP contribution in [0.4, 0.5) is 0 Å². The van der Waals surface area contributed by atoms with E-state index in [1.807, 2.05) is 6.07 Å². The van der Waals surface area contributed by atoms with Crippen LogP contribution < -0.4 is 20.9 Å². The summed E-state index contributed by atoms with van der Waals surface area (Å²) in [6.07, 6.45) is 0. The minimum atomic E-state index is -0.806. The summed E-state index contributed by atoms with van der Waals surface area (Å²) in [5, 5.41) is 2.68. The average molecular weight is 448 g/mol. The van der Waals surface area contributed by atoms with E-state index in [9.17, 15) is 14.4 Å². The minimum Gasteiger partial charge on any atom is -0.484 e. The smallest absolute Gasteiger partial charge is 0.276 e. The third-order valence-corrected chi connectivity index (χ3v) is 4.26. The fourth-order valence-electron chi connectivity index (χ4n) is 2.30. The van der Waals surface area contributed by atoms with E-state index in [0.717, 1.165) is 4.47 Å². The van der Waals surface area contributed by atoms with E-state index >= 15 is 0 Å². The fourth-order valence-corrected chi connectivity index (χ4v) is 2.68. The van der Waals surface area contributed by atoms with Gasteiger partial charge in [-0.05, 0) is 36.2 Å². The van der Waals surface area contributed by atoms with Crippen LogP contribution in [0.5, 0.6) is 5.75 Å². The Balaban J connectivity index is 1.84. The summed E-state index contributed by atoms with van der Waals surface area (Å²) in [5.74, 6) is -1.06. The van der Waals surface area contributed by atoms with Crippen LogP contribution in [0.2, 0.25) is 0 Å². The second-order valence-corrected chi connectivity index (χ2v) is 7.26. The number of carbonyl (C=O) groups is 3. The van der Waals surface area contributed by atoms with Gasteiger partial charge >= 0.3 is 0 Å². The molecule has 2 rings (SSSR count). The van der Waals surface area contributed by atoms with E-state index < -0.39 is 17.9 Å². The zero-order valence-electron chi connectivity index (χ0n) is 15.6. The van der Waals surface area contributed by atoms with Crippen molar-refractivity contribution < 1.29 is 19.1 Å².